The van der Waals surface area contributed by atoms with E-state index in [0.29, 0.717) is 5.56 Å². The normalized spacial score (nSPS) is 22.3. The van der Waals surface area contributed by atoms with Crippen LogP contribution >= 0.6 is 15.9 Å². The van der Waals surface area contributed by atoms with E-state index < -0.39 is 6.17 Å². The van der Waals surface area contributed by atoms with Gasteiger partial charge in [0.15, 0.2) is 0 Å². The molecule has 2 atom stereocenters. The second-order valence-electron chi connectivity index (χ2n) is 4.16. The van der Waals surface area contributed by atoms with Gasteiger partial charge in [0.1, 0.15) is 12.0 Å². The zero-order valence-electron chi connectivity index (χ0n) is 8.85. The monoisotopic (exact) mass is 289 g/mol. The van der Waals surface area contributed by atoms with Gasteiger partial charge in [0.2, 0.25) is 0 Å². The van der Waals surface area contributed by atoms with Crippen LogP contribution in [0, 0.1) is 5.82 Å². The summed E-state index contributed by atoms with van der Waals surface area (Å²) in [6.45, 7) is 0.867. The van der Waals surface area contributed by atoms with E-state index in [4.69, 9.17) is 0 Å². The van der Waals surface area contributed by atoms with Crippen molar-refractivity contribution in [3.05, 3.63) is 34.1 Å². The first-order chi connectivity index (χ1) is 7.66. The lowest BCUT2D eigenvalue weighted by molar-refractivity contribution is 0.261. The Morgan fingerprint density at radius 1 is 1.50 bits per heavy atom. The van der Waals surface area contributed by atoms with Gasteiger partial charge in [0.05, 0.1) is 0 Å². The SMILES string of the molecule is Fc1ccc(Br)cc1CC(F)C1CCCN1. The molecule has 1 aromatic rings. The number of halogens is 3. The van der Waals surface area contributed by atoms with Crippen molar-refractivity contribution in [1.82, 2.24) is 5.32 Å². The fourth-order valence-corrected chi connectivity index (χ4v) is 2.48. The molecular formula is C12H14BrF2N. The molecule has 4 heteroatoms. The van der Waals surface area contributed by atoms with E-state index in [1.165, 1.54) is 6.07 Å². The van der Waals surface area contributed by atoms with Crippen LogP contribution in [0.3, 0.4) is 0 Å². The molecule has 1 nitrogen and oxygen atoms in total. The summed E-state index contributed by atoms with van der Waals surface area (Å²) in [5.41, 5.74) is 0.440. The molecule has 88 valence electrons. The number of alkyl halides is 1. The molecule has 0 radical (unpaired) electrons. The van der Waals surface area contributed by atoms with Crippen molar-refractivity contribution in [3.8, 4) is 0 Å². The average molecular weight is 290 g/mol. The largest absolute Gasteiger partial charge is 0.311 e. The number of nitrogens with one attached hydrogen (secondary N) is 1. The van der Waals surface area contributed by atoms with E-state index in [1.807, 2.05) is 0 Å². The molecule has 0 bridgehead atoms. The summed E-state index contributed by atoms with van der Waals surface area (Å²) in [4.78, 5) is 0. The van der Waals surface area contributed by atoms with E-state index >= 15 is 0 Å². The second kappa shape index (κ2) is 5.23. The van der Waals surface area contributed by atoms with Crippen LogP contribution in [0.1, 0.15) is 18.4 Å². The Kier molecular flexibility index (Phi) is 3.92. The highest BCUT2D eigenvalue weighted by atomic mass is 79.9. The van der Waals surface area contributed by atoms with Gasteiger partial charge < -0.3 is 5.32 Å². The van der Waals surface area contributed by atoms with Crippen LogP contribution in [0.25, 0.3) is 0 Å². The fourth-order valence-electron chi connectivity index (χ4n) is 2.07. The molecular weight excluding hydrogens is 276 g/mol. The Labute approximate surface area is 102 Å². The van der Waals surface area contributed by atoms with Crippen molar-refractivity contribution in [1.29, 1.82) is 0 Å². The van der Waals surface area contributed by atoms with Gasteiger partial charge in [0, 0.05) is 16.9 Å². The van der Waals surface area contributed by atoms with Crippen LogP contribution in [0.5, 0.6) is 0 Å². The van der Waals surface area contributed by atoms with Gasteiger partial charge >= 0.3 is 0 Å². The summed E-state index contributed by atoms with van der Waals surface area (Å²) in [7, 11) is 0. The van der Waals surface area contributed by atoms with Crippen molar-refractivity contribution in [2.45, 2.75) is 31.5 Å². The van der Waals surface area contributed by atoms with Gasteiger partial charge in [-0.1, -0.05) is 15.9 Å². The standard InChI is InChI=1S/C12H14BrF2N/c13-9-3-4-10(14)8(6-9)7-11(15)12-2-1-5-16-12/h3-4,6,11-12,16H,1-2,5,7H2. The molecule has 1 fully saturated rings. The minimum Gasteiger partial charge on any atom is -0.311 e. The highest BCUT2D eigenvalue weighted by molar-refractivity contribution is 9.10. The van der Waals surface area contributed by atoms with Gasteiger partial charge in [-0.05, 0) is 43.1 Å². The molecule has 1 saturated heterocycles. The lowest BCUT2D eigenvalue weighted by Gasteiger charge is -2.16. The van der Waals surface area contributed by atoms with Crippen LogP contribution in [0.4, 0.5) is 8.78 Å². The third kappa shape index (κ3) is 2.80. The summed E-state index contributed by atoms with van der Waals surface area (Å²) in [5, 5.41) is 3.10. The maximum atomic E-state index is 13.9. The van der Waals surface area contributed by atoms with Crippen LogP contribution in [0.15, 0.2) is 22.7 Å². The zero-order valence-corrected chi connectivity index (χ0v) is 10.4. The lowest BCUT2D eigenvalue weighted by atomic mass is 10.0. The van der Waals surface area contributed by atoms with Crippen molar-refractivity contribution < 1.29 is 8.78 Å². The highest BCUT2D eigenvalue weighted by Gasteiger charge is 2.25. The van der Waals surface area contributed by atoms with Crippen LogP contribution in [-0.2, 0) is 6.42 Å². The first kappa shape index (κ1) is 12.0. The first-order valence-electron chi connectivity index (χ1n) is 5.48. The zero-order chi connectivity index (χ0) is 11.5. The van der Waals surface area contributed by atoms with Crippen LogP contribution in [0.2, 0.25) is 0 Å². The topological polar surface area (TPSA) is 12.0 Å². The van der Waals surface area contributed by atoms with E-state index in [-0.39, 0.29) is 18.3 Å². The molecule has 0 aliphatic carbocycles. The molecule has 0 saturated carbocycles. The van der Waals surface area contributed by atoms with E-state index in [0.717, 1.165) is 23.9 Å². The number of benzene rings is 1. The minimum absolute atomic E-state index is 0.113. The number of hydrogen-bond donors (Lipinski definition) is 1. The molecule has 1 heterocycles. The second-order valence-corrected chi connectivity index (χ2v) is 5.07. The third-order valence-corrected chi connectivity index (χ3v) is 3.45. The van der Waals surface area contributed by atoms with Gasteiger partial charge in [-0.25, -0.2) is 8.78 Å². The molecule has 1 aliphatic rings. The van der Waals surface area contributed by atoms with Crippen molar-refractivity contribution >= 4 is 15.9 Å². The van der Waals surface area contributed by atoms with Crippen molar-refractivity contribution in [3.63, 3.8) is 0 Å². The summed E-state index contributed by atoms with van der Waals surface area (Å²) < 4.78 is 28.1. The summed E-state index contributed by atoms with van der Waals surface area (Å²) in [6, 6.07) is 4.53. The van der Waals surface area contributed by atoms with Gasteiger partial charge in [-0.3, -0.25) is 0 Å². The molecule has 0 amide bonds. The number of hydrogen-bond acceptors (Lipinski definition) is 1. The molecule has 0 aromatic heterocycles. The fraction of sp³-hybridized carbons (Fsp3) is 0.500. The third-order valence-electron chi connectivity index (χ3n) is 2.96. The van der Waals surface area contributed by atoms with Crippen LogP contribution < -0.4 is 5.32 Å². The summed E-state index contributed by atoms with van der Waals surface area (Å²) >= 11 is 3.27. The van der Waals surface area contributed by atoms with E-state index in [2.05, 4.69) is 21.2 Å². The maximum Gasteiger partial charge on any atom is 0.126 e. The average Bonchev–Trinajstić information content (AvgIpc) is 2.76. The predicted molar refractivity (Wildman–Crippen MR) is 63.7 cm³/mol. The smallest absolute Gasteiger partial charge is 0.126 e. The Hall–Kier alpha value is -0.480. The molecule has 1 N–H and O–H groups in total. The van der Waals surface area contributed by atoms with Gasteiger partial charge in [-0.2, -0.15) is 0 Å². The van der Waals surface area contributed by atoms with Gasteiger partial charge in [0.25, 0.3) is 0 Å². The highest BCUT2D eigenvalue weighted by Crippen LogP contribution is 2.21. The molecule has 1 aromatic carbocycles. The predicted octanol–water partition coefficient (Wildman–Crippen LogP) is 3.22. The minimum atomic E-state index is -1.01. The van der Waals surface area contributed by atoms with Crippen molar-refractivity contribution in [2.75, 3.05) is 6.54 Å². The Bertz CT molecular complexity index is 364. The molecule has 1 aliphatic heterocycles. The Balaban J connectivity index is 2.04. The Morgan fingerprint density at radius 3 is 3.00 bits per heavy atom. The summed E-state index contributed by atoms with van der Waals surface area (Å²) in [6.07, 6.45) is 0.984. The first-order valence-corrected chi connectivity index (χ1v) is 6.27. The van der Waals surface area contributed by atoms with Crippen molar-refractivity contribution in [2.24, 2.45) is 0 Å². The van der Waals surface area contributed by atoms with Crippen LogP contribution in [-0.4, -0.2) is 18.8 Å². The van der Waals surface area contributed by atoms with E-state index in [1.54, 1.807) is 12.1 Å². The van der Waals surface area contributed by atoms with Gasteiger partial charge in [-0.15, -0.1) is 0 Å². The number of rotatable bonds is 3. The molecule has 2 rings (SSSR count). The molecule has 16 heavy (non-hydrogen) atoms. The molecule has 2 unspecified atom stereocenters. The maximum absolute atomic E-state index is 13.9. The lowest BCUT2D eigenvalue weighted by Crippen LogP contribution is -2.33. The molecule has 0 spiro atoms. The van der Waals surface area contributed by atoms with E-state index in [9.17, 15) is 8.78 Å². The summed E-state index contributed by atoms with van der Waals surface area (Å²) in [5.74, 6) is -0.330. The quantitative estimate of drug-likeness (QED) is 0.901. The Morgan fingerprint density at radius 2 is 2.31 bits per heavy atom.